The lowest BCUT2D eigenvalue weighted by atomic mass is 9.88. The number of nitrogens with one attached hydrogen (secondary N) is 2. The van der Waals surface area contributed by atoms with Gasteiger partial charge in [-0.25, -0.2) is 0 Å². The number of nitrogens with zero attached hydrogens (tertiary/aromatic N) is 1. The van der Waals surface area contributed by atoms with Gasteiger partial charge in [-0.05, 0) is 68.2 Å². The Kier molecular flexibility index (Phi) is 5.25. The highest BCUT2D eigenvalue weighted by molar-refractivity contribution is 5.93. The van der Waals surface area contributed by atoms with Gasteiger partial charge in [0.15, 0.2) is 0 Å². The number of rotatable bonds is 3. The Hall–Kier alpha value is -1.88. The fourth-order valence-electron chi connectivity index (χ4n) is 4.60. The molecule has 1 aromatic rings. The average molecular weight is 355 g/mol. The second kappa shape index (κ2) is 7.78. The lowest BCUT2D eigenvalue weighted by Crippen LogP contribution is -2.49. The number of carbonyl (C=O) groups excluding carboxylic acids is 2. The van der Waals surface area contributed by atoms with E-state index in [1.807, 2.05) is 11.0 Å². The molecular formula is C21H29N3O2. The Bertz CT molecular complexity index is 682. The maximum Gasteiger partial charge on any atom is 0.228 e. The first-order valence-electron chi connectivity index (χ1n) is 10.1. The van der Waals surface area contributed by atoms with E-state index in [1.54, 1.807) is 0 Å². The largest absolute Gasteiger partial charge is 0.342 e. The monoisotopic (exact) mass is 355 g/mol. The molecule has 0 unspecified atom stereocenters. The first kappa shape index (κ1) is 17.5. The minimum absolute atomic E-state index is 0.0339. The Labute approximate surface area is 155 Å². The van der Waals surface area contributed by atoms with Crippen LogP contribution in [0.5, 0.6) is 0 Å². The Morgan fingerprint density at radius 1 is 0.962 bits per heavy atom. The Morgan fingerprint density at radius 3 is 2.58 bits per heavy atom. The third kappa shape index (κ3) is 3.78. The molecule has 2 N–H and O–H groups in total. The van der Waals surface area contributed by atoms with Gasteiger partial charge < -0.3 is 15.5 Å². The topological polar surface area (TPSA) is 61.4 Å². The summed E-state index contributed by atoms with van der Waals surface area (Å²) in [5, 5.41) is 6.38. The molecule has 5 nitrogen and oxygen atoms in total. The Balaban J connectivity index is 1.36. The number of anilines is 1. The molecule has 2 saturated heterocycles. The lowest BCUT2D eigenvalue weighted by molar-refractivity contribution is -0.138. The maximum atomic E-state index is 12.8. The van der Waals surface area contributed by atoms with Crippen molar-refractivity contribution in [1.82, 2.24) is 10.2 Å². The fraction of sp³-hybridized carbons (Fsp3) is 0.619. The van der Waals surface area contributed by atoms with Crippen molar-refractivity contribution >= 4 is 17.5 Å². The van der Waals surface area contributed by atoms with Gasteiger partial charge in [-0.2, -0.15) is 0 Å². The molecule has 4 rings (SSSR count). The third-order valence-corrected chi connectivity index (χ3v) is 6.10. The highest BCUT2D eigenvalue weighted by Gasteiger charge is 2.33. The van der Waals surface area contributed by atoms with Crippen LogP contribution in [0, 0.1) is 11.8 Å². The second-order valence-electron chi connectivity index (χ2n) is 8.00. The molecule has 140 valence electrons. The van der Waals surface area contributed by atoms with E-state index in [0.29, 0.717) is 19.5 Å². The number of aryl methyl sites for hydroxylation is 2. The number of likely N-dealkylation sites (tertiary alicyclic amines) is 1. The summed E-state index contributed by atoms with van der Waals surface area (Å²) in [5.74, 6) is 0.0483. The van der Waals surface area contributed by atoms with Crippen LogP contribution in [0.4, 0.5) is 5.69 Å². The van der Waals surface area contributed by atoms with Crippen molar-refractivity contribution in [3.05, 3.63) is 29.3 Å². The van der Waals surface area contributed by atoms with Crippen LogP contribution in [0.15, 0.2) is 18.2 Å². The highest BCUT2D eigenvalue weighted by Crippen LogP contribution is 2.26. The SMILES string of the molecule is O=C(Nc1ccc2c(c1)CCC2)[C@H]1CNC[C@@H](C(=O)N2CCCCC2)C1. The summed E-state index contributed by atoms with van der Waals surface area (Å²) in [6.07, 6.45) is 7.55. The molecule has 2 fully saturated rings. The number of benzene rings is 1. The fourth-order valence-corrected chi connectivity index (χ4v) is 4.60. The summed E-state index contributed by atoms with van der Waals surface area (Å²) >= 11 is 0. The molecule has 2 heterocycles. The predicted molar refractivity (Wildman–Crippen MR) is 102 cm³/mol. The van der Waals surface area contributed by atoms with Crippen LogP contribution in [-0.4, -0.2) is 42.9 Å². The molecule has 0 saturated carbocycles. The van der Waals surface area contributed by atoms with Crippen molar-refractivity contribution in [2.75, 3.05) is 31.5 Å². The third-order valence-electron chi connectivity index (χ3n) is 6.10. The molecular weight excluding hydrogens is 326 g/mol. The highest BCUT2D eigenvalue weighted by atomic mass is 16.2. The normalized spacial score (nSPS) is 25.6. The van der Waals surface area contributed by atoms with E-state index in [0.717, 1.165) is 44.5 Å². The van der Waals surface area contributed by atoms with Gasteiger partial charge in [-0.15, -0.1) is 0 Å². The molecule has 26 heavy (non-hydrogen) atoms. The summed E-state index contributed by atoms with van der Waals surface area (Å²) in [5.41, 5.74) is 3.66. The van der Waals surface area contributed by atoms with E-state index >= 15 is 0 Å². The molecule has 0 bridgehead atoms. The van der Waals surface area contributed by atoms with Crippen LogP contribution < -0.4 is 10.6 Å². The van der Waals surface area contributed by atoms with Gasteiger partial charge in [-0.3, -0.25) is 9.59 Å². The minimum atomic E-state index is -0.143. The van der Waals surface area contributed by atoms with Crippen LogP contribution in [0.25, 0.3) is 0 Å². The van der Waals surface area contributed by atoms with Gasteiger partial charge in [0.05, 0.1) is 11.8 Å². The second-order valence-corrected chi connectivity index (χ2v) is 8.00. The zero-order valence-corrected chi connectivity index (χ0v) is 15.4. The minimum Gasteiger partial charge on any atom is -0.342 e. The number of amides is 2. The smallest absolute Gasteiger partial charge is 0.228 e. The zero-order chi connectivity index (χ0) is 17.9. The lowest BCUT2D eigenvalue weighted by Gasteiger charge is -2.34. The van der Waals surface area contributed by atoms with Crippen molar-refractivity contribution in [2.24, 2.45) is 11.8 Å². The number of hydrogen-bond acceptors (Lipinski definition) is 3. The van der Waals surface area contributed by atoms with E-state index in [1.165, 1.54) is 24.0 Å². The van der Waals surface area contributed by atoms with Crippen molar-refractivity contribution in [2.45, 2.75) is 44.9 Å². The summed E-state index contributed by atoms with van der Waals surface area (Å²) in [6.45, 7) is 3.10. The van der Waals surface area contributed by atoms with Crippen molar-refractivity contribution in [3.8, 4) is 0 Å². The Morgan fingerprint density at radius 2 is 1.73 bits per heavy atom. The molecule has 0 spiro atoms. The van der Waals surface area contributed by atoms with Gasteiger partial charge in [0, 0.05) is 31.9 Å². The molecule has 1 aromatic carbocycles. The zero-order valence-electron chi connectivity index (χ0n) is 15.4. The van der Waals surface area contributed by atoms with Crippen LogP contribution in [0.1, 0.15) is 43.2 Å². The molecule has 0 aromatic heterocycles. The molecule has 2 aliphatic heterocycles. The molecule has 3 aliphatic rings. The number of fused-ring (bicyclic) bond motifs is 1. The average Bonchev–Trinajstić information content (AvgIpc) is 3.16. The predicted octanol–water partition coefficient (Wildman–Crippen LogP) is 2.35. The molecule has 1 aliphatic carbocycles. The van der Waals surface area contributed by atoms with Gasteiger partial charge in [0.1, 0.15) is 0 Å². The van der Waals surface area contributed by atoms with E-state index in [2.05, 4.69) is 22.8 Å². The summed E-state index contributed by atoms with van der Waals surface area (Å²) in [7, 11) is 0. The molecule has 5 heteroatoms. The first-order chi connectivity index (χ1) is 12.7. The van der Waals surface area contributed by atoms with E-state index in [9.17, 15) is 9.59 Å². The summed E-state index contributed by atoms with van der Waals surface area (Å²) in [4.78, 5) is 27.5. The van der Waals surface area contributed by atoms with Gasteiger partial charge >= 0.3 is 0 Å². The molecule has 0 radical (unpaired) electrons. The van der Waals surface area contributed by atoms with Crippen molar-refractivity contribution in [1.29, 1.82) is 0 Å². The number of piperidine rings is 2. The van der Waals surface area contributed by atoms with Gasteiger partial charge in [0.2, 0.25) is 11.8 Å². The number of hydrogen-bond donors (Lipinski definition) is 2. The van der Waals surface area contributed by atoms with E-state index in [4.69, 9.17) is 0 Å². The first-order valence-corrected chi connectivity index (χ1v) is 10.1. The van der Waals surface area contributed by atoms with Crippen LogP contribution >= 0.6 is 0 Å². The standard InChI is InChI=1S/C21H29N3O2/c25-20(23-19-8-7-15-5-4-6-16(15)12-19)17-11-18(14-22-13-17)21(26)24-9-2-1-3-10-24/h7-8,12,17-18,22H,1-6,9-11,13-14H2,(H,23,25)/t17-,18+/m1/s1. The summed E-state index contributed by atoms with van der Waals surface area (Å²) in [6, 6.07) is 6.27. The molecule has 2 atom stereocenters. The van der Waals surface area contributed by atoms with Crippen LogP contribution in [-0.2, 0) is 22.4 Å². The van der Waals surface area contributed by atoms with Crippen molar-refractivity contribution < 1.29 is 9.59 Å². The molecule has 2 amide bonds. The van der Waals surface area contributed by atoms with E-state index < -0.39 is 0 Å². The summed E-state index contributed by atoms with van der Waals surface area (Å²) < 4.78 is 0. The van der Waals surface area contributed by atoms with E-state index in [-0.39, 0.29) is 23.7 Å². The number of carbonyl (C=O) groups is 2. The van der Waals surface area contributed by atoms with Gasteiger partial charge in [-0.1, -0.05) is 6.07 Å². The van der Waals surface area contributed by atoms with Crippen molar-refractivity contribution in [3.63, 3.8) is 0 Å². The van der Waals surface area contributed by atoms with Gasteiger partial charge in [0.25, 0.3) is 0 Å². The van der Waals surface area contributed by atoms with Crippen LogP contribution in [0.3, 0.4) is 0 Å². The maximum absolute atomic E-state index is 12.8. The van der Waals surface area contributed by atoms with Crippen LogP contribution in [0.2, 0.25) is 0 Å². The quantitative estimate of drug-likeness (QED) is 0.875.